The molecule has 0 aliphatic carbocycles. The molecule has 0 spiro atoms. The Kier molecular flexibility index (Phi) is 5.18. The zero-order valence-corrected chi connectivity index (χ0v) is 14.0. The molecule has 0 aromatic heterocycles. The van der Waals surface area contributed by atoms with Gasteiger partial charge in [-0.25, -0.2) is 0 Å². The van der Waals surface area contributed by atoms with Gasteiger partial charge in [0.25, 0.3) is 5.91 Å². The molecule has 0 unspecified atom stereocenters. The number of hydrogen-bond donors (Lipinski definition) is 1. The van der Waals surface area contributed by atoms with Crippen molar-refractivity contribution < 1.29 is 19.1 Å². The number of amides is 2. The van der Waals surface area contributed by atoms with Crippen LogP contribution in [0.5, 0.6) is 11.5 Å². The Balaban J connectivity index is 1.64. The van der Waals surface area contributed by atoms with Gasteiger partial charge in [0.15, 0.2) is 11.5 Å². The van der Waals surface area contributed by atoms with Crippen molar-refractivity contribution in [2.45, 2.75) is 6.92 Å². The number of nitrogens with one attached hydrogen (secondary N) is 1. The maximum atomic E-state index is 12.1. The molecule has 0 atom stereocenters. The van der Waals surface area contributed by atoms with Gasteiger partial charge in [-0.05, 0) is 24.3 Å². The molecule has 0 radical (unpaired) electrons. The molecule has 2 aromatic carbocycles. The lowest BCUT2D eigenvalue weighted by Crippen LogP contribution is -2.37. The number of rotatable bonds is 5. The predicted octanol–water partition coefficient (Wildman–Crippen LogP) is 2.24. The second kappa shape index (κ2) is 7.70. The molecule has 2 aromatic rings. The maximum Gasteiger partial charge on any atom is 0.251 e. The van der Waals surface area contributed by atoms with Gasteiger partial charge in [0, 0.05) is 37.3 Å². The molecule has 0 fully saturated rings. The van der Waals surface area contributed by atoms with Crippen LogP contribution in [0.3, 0.4) is 0 Å². The Morgan fingerprint density at radius 1 is 1.04 bits per heavy atom. The van der Waals surface area contributed by atoms with Crippen molar-refractivity contribution in [3.63, 3.8) is 0 Å². The number of carbonyl (C=O) groups is 2. The van der Waals surface area contributed by atoms with Gasteiger partial charge in [0.2, 0.25) is 5.91 Å². The Bertz CT molecular complexity index is 761. The molecule has 6 heteroatoms. The van der Waals surface area contributed by atoms with Crippen LogP contribution in [0.1, 0.15) is 17.3 Å². The number of fused-ring (bicyclic) bond motifs is 1. The fourth-order valence-electron chi connectivity index (χ4n) is 2.64. The fraction of sp³-hybridized carbons (Fsp3) is 0.263. The molecule has 1 heterocycles. The lowest BCUT2D eigenvalue weighted by molar-refractivity contribution is -0.116. The number of nitrogens with zero attached hydrogens (tertiary/aromatic N) is 1. The quantitative estimate of drug-likeness (QED) is 0.906. The first kappa shape index (κ1) is 16.8. The SMILES string of the molecule is CC(=O)N(CCNC(=O)c1ccccc1)c1ccc2c(c1)OCCO2. The Morgan fingerprint density at radius 3 is 2.48 bits per heavy atom. The van der Waals surface area contributed by atoms with Crippen molar-refractivity contribution in [3.05, 3.63) is 54.1 Å². The first-order chi connectivity index (χ1) is 12.1. The normalized spacial score (nSPS) is 12.4. The van der Waals surface area contributed by atoms with Crippen LogP contribution in [0.4, 0.5) is 5.69 Å². The van der Waals surface area contributed by atoms with Crippen LogP contribution >= 0.6 is 0 Å². The molecule has 1 aliphatic heterocycles. The molecule has 6 nitrogen and oxygen atoms in total. The summed E-state index contributed by atoms with van der Waals surface area (Å²) >= 11 is 0. The van der Waals surface area contributed by atoms with E-state index in [9.17, 15) is 9.59 Å². The van der Waals surface area contributed by atoms with Crippen LogP contribution in [-0.2, 0) is 4.79 Å². The number of benzene rings is 2. The molecule has 0 bridgehead atoms. The molecule has 0 saturated carbocycles. The minimum atomic E-state index is -0.161. The molecule has 2 amide bonds. The summed E-state index contributed by atoms with van der Waals surface area (Å²) < 4.78 is 11.1. The van der Waals surface area contributed by atoms with Crippen molar-refractivity contribution in [3.8, 4) is 11.5 Å². The number of hydrogen-bond acceptors (Lipinski definition) is 4. The third-order valence-corrected chi connectivity index (χ3v) is 3.87. The van der Waals surface area contributed by atoms with Gasteiger partial charge in [-0.2, -0.15) is 0 Å². The molecule has 0 saturated heterocycles. The lowest BCUT2D eigenvalue weighted by atomic mass is 10.2. The largest absolute Gasteiger partial charge is 0.486 e. The minimum absolute atomic E-state index is 0.106. The summed E-state index contributed by atoms with van der Waals surface area (Å²) in [5.74, 6) is 1.04. The van der Waals surface area contributed by atoms with Crippen LogP contribution in [0.15, 0.2) is 48.5 Å². The highest BCUT2D eigenvalue weighted by Gasteiger charge is 2.17. The van der Waals surface area contributed by atoms with Crippen LogP contribution < -0.4 is 19.7 Å². The first-order valence-electron chi connectivity index (χ1n) is 8.16. The van der Waals surface area contributed by atoms with Crippen molar-refractivity contribution >= 4 is 17.5 Å². The third kappa shape index (κ3) is 4.09. The highest BCUT2D eigenvalue weighted by atomic mass is 16.6. The monoisotopic (exact) mass is 340 g/mol. The van der Waals surface area contributed by atoms with E-state index in [0.29, 0.717) is 49.1 Å². The van der Waals surface area contributed by atoms with Crippen molar-refractivity contribution in [1.82, 2.24) is 5.32 Å². The van der Waals surface area contributed by atoms with Crippen molar-refractivity contribution in [1.29, 1.82) is 0 Å². The third-order valence-electron chi connectivity index (χ3n) is 3.87. The summed E-state index contributed by atoms with van der Waals surface area (Å²) in [6, 6.07) is 14.4. The van der Waals surface area contributed by atoms with Crippen LogP contribution in [0.25, 0.3) is 0 Å². The van der Waals surface area contributed by atoms with Crippen LogP contribution in [-0.4, -0.2) is 38.1 Å². The van der Waals surface area contributed by atoms with E-state index in [0.717, 1.165) is 0 Å². The Hall–Kier alpha value is -3.02. The molecule has 130 valence electrons. The number of anilines is 1. The summed E-state index contributed by atoms with van der Waals surface area (Å²) in [6.07, 6.45) is 0. The molecular formula is C19H20N2O4. The second-order valence-electron chi connectivity index (χ2n) is 5.62. The summed E-state index contributed by atoms with van der Waals surface area (Å²) in [5, 5.41) is 2.83. The van der Waals surface area contributed by atoms with E-state index >= 15 is 0 Å². The summed E-state index contributed by atoms with van der Waals surface area (Å²) in [7, 11) is 0. The zero-order valence-electron chi connectivity index (χ0n) is 14.0. The van der Waals surface area contributed by atoms with E-state index in [1.165, 1.54) is 6.92 Å². The highest BCUT2D eigenvalue weighted by Crippen LogP contribution is 2.33. The van der Waals surface area contributed by atoms with Crippen molar-refractivity contribution in [2.24, 2.45) is 0 Å². The van der Waals surface area contributed by atoms with Gasteiger partial charge in [0.05, 0.1) is 0 Å². The lowest BCUT2D eigenvalue weighted by Gasteiger charge is -2.24. The molecule has 1 N–H and O–H groups in total. The standard InChI is InChI=1S/C19H20N2O4/c1-14(22)21(10-9-20-19(23)15-5-3-2-4-6-15)16-7-8-17-18(13-16)25-12-11-24-17/h2-8,13H,9-12H2,1H3,(H,20,23). The van der Waals surface area contributed by atoms with E-state index < -0.39 is 0 Å². The van der Waals surface area contributed by atoms with Crippen LogP contribution in [0, 0.1) is 0 Å². The fourth-order valence-corrected chi connectivity index (χ4v) is 2.64. The smallest absolute Gasteiger partial charge is 0.251 e. The number of carbonyl (C=O) groups excluding carboxylic acids is 2. The second-order valence-corrected chi connectivity index (χ2v) is 5.62. The zero-order chi connectivity index (χ0) is 17.6. The van der Waals surface area contributed by atoms with Gasteiger partial charge >= 0.3 is 0 Å². The first-order valence-corrected chi connectivity index (χ1v) is 8.16. The van der Waals surface area contributed by atoms with E-state index in [-0.39, 0.29) is 11.8 Å². The number of ether oxygens (including phenoxy) is 2. The Labute approximate surface area is 146 Å². The molecular weight excluding hydrogens is 320 g/mol. The average Bonchev–Trinajstić information content (AvgIpc) is 2.65. The van der Waals surface area contributed by atoms with Gasteiger partial charge in [-0.3, -0.25) is 9.59 Å². The van der Waals surface area contributed by atoms with Crippen molar-refractivity contribution in [2.75, 3.05) is 31.2 Å². The van der Waals surface area contributed by atoms with Gasteiger partial charge in [-0.15, -0.1) is 0 Å². The summed E-state index contributed by atoms with van der Waals surface area (Å²) in [4.78, 5) is 25.7. The molecule has 3 rings (SSSR count). The van der Waals surface area contributed by atoms with Gasteiger partial charge in [-0.1, -0.05) is 18.2 Å². The molecule has 25 heavy (non-hydrogen) atoms. The van der Waals surface area contributed by atoms with E-state index in [1.54, 1.807) is 29.2 Å². The predicted molar refractivity (Wildman–Crippen MR) is 94.2 cm³/mol. The average molecular weight is 340 g/mol. The van der Waals surface area contributed by atoms with E-state index in [2.05, 4.69) is 5.32 Å². The van der Waals surface area contributed by atoms with Gasteiger partial charge in [0.1, 0.15) is 13.2 Å². The van der Waals surface area contributed by atoms with E-state index in [4.69, 9.17) is 9.47 Å². The van der Waals surface area contributed by atoms with Crippen LogP contribution in [0.2, 0.25) is 0 Å². The minimum Gasteiger partial charge on any atom is -0.486 e. The van der Waals surface area contributed by atoms with E-state index in [1.807, 2.05) is 24.3 Å². The van der Waals surface area contributed by atoms with Gasteiger partial charge < -0.3 is 19.7 Å². The Morgan fingerprint density at radius 2 is 1.76 bits per heavy atom. The summed E-state index contributed by atoms with van der Waals surface area (Å²) in [5.41, 5.74) is 1.31. The topological polar surface area (TPSA) is 67.9 Å². The summed E-state index contributed by atoms with van der Waals surface area (Å²) in [6.45, 7) is 3.23. The highest BCUT2D eigenvalue weighted by molar-refractivity contribution is 5.94. The molecule has 1 aliphatic rings. The maximum absolute atomic E-state index is 12.1.